The number of hydrogen-bond donors (Lipinski definition) is 1. The second-order valence-electron chi connectivity index (χ2n) is 4.34. The number of nitrogen functional groups attached to an aromatic ring is 1. The van der Waals surface area contributed by atoms with Crippen LogP contribution in [0.25, 0.3) is 0 Å². The molecule has 3 nitrogen and oxygen atoms in total. The quantitative estimate of drug-likeness (QED) is 0.881. The van der Waals surface area contributed by atoms with Crippen LogP contribution in [0.4, 0.5) is 11.4 Å². The summed E-state index contributed by atoms with van der Waals surface area (Å²) in [6, 6.07) is 15.7. The van der Waals surface area contributed by atoms with Crippen LogP contribution < -0.4 is 10.6 Å². The molecule has 0 aliphatic heterocycles. The molecule has 2 aromatic carbocycles. The zero-order chi connectivity index (χ0) is 13.8. The summed E-state index contributed by atoms with van der Waals surface area (Å²) in [6.45, 7) is 0.735. The summed E-state index contributed by atoms with van der Waals surface area (Å²) in [5.74, 6) is 0. The third-order valence-electron chi connectivity index (χ3n) is 2.92. The Bertz CT molecular complexity index is 632. The smallest absolute Gasteiger partial charge is 0.101 e. The molecule has 0 atom stereocenters. The first kappa shape index (κ1) is 13.4. The van der Waals surface area contributed by atoms with Crippen LogP contribution in [0, 0.1) is 11.3 Å². The summed E-state index contributed by atoms with van der Waals surface area (Å²) in [5, 5.41) is 9.00. The van der Waals surface area contributed by atoms with E-state index in [4.69, 9.17) is 11.0 Å². The zero-order valence-electron chi connectivity index (χ0n) is 10.6. The minimum atomic E-state index is 0.513. The number of rotatable bonds is 3. The van der Waals surface area contributed by atoms with Gasteiger partial charge in [0.2, 0.25) is 0 Å². The topological polar surface area (TPSA) is 53.0 Å². The van der Waals surface area contributed by atoms with Gasteiger partial charge in [0.25, 0.3) is 0 Å². The first-order chi connectivity index (χ1) is 9.11. The number of anilines is 2. The number of hydrogen-bond acceptors (Lipinski definition) is 3. The molecule has 0 fully saturated rings. The van der Waals surface area contributed by atoms with Crippen molar-refractivity contribution in [1.29, 1.82) is 5.26 Å². The maximum atomic E-state index is 9.00. The highest BCUT2D eigenvalue weighted by Gasteiger charge is 2.09. The SMILES string of the molecule is CN(Cc1cccc(Br)c1)c1cccc(C#N)c1N. The predicted molar refractivity (Wildman–Crippen MR) is 81.8 cm³/mol. The second kappa shape index (κ2) is 5.77. The standard InChI is InChI=1S/C15H14BrN3/c1-19(10-11-4-2-6-13(16)8-11)14-7-3-5-12(9-17)15(14)18/h2-8H,10,18H2,1H3. The number of para-hydroxylation sites is 1. The highest BCUT2D eigenvalue weighted by Crippen LogP contribution is 2.26. The molecule has 4 heteroatoms. The van der Waals surface area contributed by atoms with Gasteiger partial charge < -0.3 is 10.6 Å². The van der Waals surface area contributed by atoms with E-state index in [1.807, 2.05) is 36.2 Å². The van der Waals surface area contributed by atoms with Crippen LogP contribution in [0.15, 0.2) is 46.9 Å². The average molecular weight is 316 g/mol. The van der Waals surface area contributed by atoms with E-state index in [0.29, 0.717) is 11.3 Å². The van der Waals surface area contributed by atoms with Crippen LogP contribution in [0.1, 0.15) is 11.1 Å². The molecule has 19 heavy (non-hydrogen) atoms. The minimum Gasteiger partial charge on any atom is -0.396 e. The van der Waals surface area contributed by atoms with E-state index in [-0.39, 0.29) is 0 Å². The monoisotopic (exact) mass is 315 g/mol. The lowest BCUT2D eigenvalue weighted by molar-refractivity contribution is 0.923. The number of nitrogens with two attached hydrogens (primary N) is 1. The Morgan fingerprint density at radius 2 is 2.00 bits per heavy atom. The molecule has 0 amide bonds. The van der Waals surface area contributed by atoms with Gasteiger partial charge in [-0.1, -0.05) is 34.1 Å². The van der Waals surface area contributed by atoms with Gasteiger partial charge in [-0.3, -0.25) is 0 Å². The molecule has 2 N–H and O–H groups in total. The molecule has 96 valence electrons. The molecule has 0 aromatic heterocycles. The lowest BCUT2D eigenvalue weighted by Crippen LogP contribution is -2.18. The number of nitrogens with zero attached hydrogens (tertiary/aromatic N) is 2. The summed E-state index contributed by atoms with van der Waals surface area (Å²) < 4.78 is 1.05. The van der Waals surface area contributed by atoms with Gasteiger partial charge in [0, 0.05) is 18.1 Å². The van der Waals surface area contributed by atoms with Crippen molar-refractivity contribution in [3.63, 3.8) is 0 Å². The highest BCUT2D eigenvalue weighted by molar-refractivity contribution is 9.10. The van der Waals surface area contributed by atoms with Crippen molar-refractivity contribution in [2.45, 2.75) is 6.54 Å². The van der Waals surface area contributed by atoms with Crippen LogP contribution in [-0.4, -0.2) is 7.05 Å². The van der Waals surface area contributed by atoms with Crippen molar-refractivity contribution >= 4 is 27.3 Å². The molecule has 0 spiro atoms. The summed E-state index contributed by atoms with van der Waals surface area (Å²) in [6.07, 6.45) is 0. The molecule has 0 unspecified atom stereocenters. The fraction of sp³-hybridized carbons (Fsp3) is 0.133. The molecule has 0 aliphatic carbocycles. The van der Waals surface area contributed by atoms with E-state index in [2.05, 4.69) is 34.1 Å². The lowest BCUT2D eigenvalue weighted by Gasteiger charge is -2.21. The number of benzene rings is 2. The second-order valence-corrected chi connectivity index (χ2v) is 5.25. The van der Waals surface area contributed by atoms with Crippen LogP contribution in [0.5, 0.6) is 0 Å². The van der Waals surface area contributed by atoms with Crippen molar-refractivity contribution in [1.82, 2.24) is 0 Å². The van der Waals surface area contributed by atoms with Crippen molar-refractivity contribution in [3.05, 3.63) is 58.1 Å². The first-order valence-electron chi connectivity index (χ1n) is 5.86. The molecule has 0 aliphatic rings. The van der Waals surface area contributed by atoms with Crippen LogP contribution >= 0.6 is 15.9 Å². The predicted octanol–water partition coefficient (Wildman–Crippen LogP) is 3.54. The summed E-state index contributed by atoms with van der Waals surface area (Å²) in [7, 11) is 1.97. The molecule has 0 saturated heterocycles. The van der Waals surface area contributed by atoms with E-state index in [1.165, 1.54) is 5.56 Å². The highest BCUT2D eigenvalue weighted by atomic mass is 79.9. The third-order valence-corrected chi connectivity index (χ3v) is 3.42. The lowest BCUT2D eigenvalue weighted by atomic mass is 10.1. The summed E-state index contributed by atoms with van der Waals surface area (Å²) in [5.41, 5.74) is 9.10. The van der Waals surface area contributed by atoms with Gasteiger partial charge in [-0.2, -0.15) is 5.26 Å². The molecule has 0 radical (unpaired) electrons. The maximum Gasteiger partial charge on any atom is 0.101 e. The zero-order valence-corrected chi connectivity index (χ0v) is 12.2. The molecule has 0 saturated carbocycles. The van der Waals surface area contributed by atoms with Gasteiger partial charge in [-0.25, -0.2) is 0 Å². The summed E-state index contributed by atoms with van der Waals surface area (Å²) >= 11 is 3.46. The normalized spacial score (nSPS) is 9.95. The largest absolute Gasteiger partial charge is 0.396 e. The Morgan fingerprint density at radius 1 is 1.26 bits per heavy atom. The van der Waals surface area contributed by atoms with E-state index in [0.717, 1.165) is 16.7 Å². The van der Waals surface area contributed by atoms with Gasteiger partial charge in [0.15, 0.2) is 0 Å². The average Bonchev–Trinajstić information content (AvgIpc) is 2.39. The Kier molecular flexibility index (Phi) is 4.08. The van der Waals surface area contributed by atoms with Gasteiger partial charge in [0.1, 0.15) is 6.07 Å². The van der Waals surface area contributed by atoms with Crippen LogP contribution in [0.3, 0.4) is 0 Å². The van der Waals surface area contributed by atoms with Crippen molar-refractivity contribution in [2.75, 3.05) is 17.7 Å². The Morgan fingerprint density at radius 3 is 2.68 bits per heavy atom. The molecule has 0 bridgehead atoms. The van der Waals surface area contributed by atoms with Gasteiger partial charge in [-0.05, 0) is 29.8 Å². The Balaban J connectivity index is 2.26. The molecular weight excluding hydrogens is 302 g/mol. The third kappa shape index (κ3) is 3.07. The van der Waals surface area contributed by atoms with Gasteiger partial charge in [-0.15, -0.1) is 0 Å². The van der Waals surface area contributed by atoms with E-state index >= 15 is 0 Å². The van der Waals surface area contributed by atoms with Gasteiger partial charge >= 0.3 is 0 Å². The fourth-order valence-electron chi connectivity index (χ4n) is 1.98. The van der Waals surface area contributed by atoms with Crippen molar-refractivity contribution in [3.8, 4) is 6.07 Å². The molecule has 2 rings (SSSR count). The minimum absolute atomic E-state index is 0.513. The fourth-order valence-corrected chi connectivity index (χ4v) is 2.42. The van der Waals surface area contributed by atoms with Crippen molar-refractivity contribution in [2.24, 2.45) is 0 Å². The maximum absolute atomic E-state index is 9.00. The number of nitriles is 1. The first-order valence-corrected chi connectivity index (χ1v) is 6.65. The van der Waals surface area contributed by atoms with E-state index in [1.54, 1.807) is 6.07 Å². The molecular formula is C15H14BrN3. The van der Waals surface area contributed by atoms with E-state index in [9.17, 15) is 0 Å². The molecule has 2 aromatic rings. The summed E-state index contributed by atoms with van der Waals surface area (Å²) in [4.78, 5) is 2.04. The Labute approximate surface area is 121 Å². The van der Waals surface area contributed by atoms with E-state index < -0.39 is 0 Å². The van der Waals surface area contributed by atoms with Crippen molar-refractivity contribution < 1.29 is 0 Å². The molecule has 0 heterocycles. The van der Waals surface area contributed by atoms with Crippen LogP contribution in [-0.2, 0) is 6.54 Å². The number of halogens is 1. The van der Waals surface area contributed by atoms with Crippen LogP contribution in [0.2, 0.25) is 0 Å². The van der Waals surface area contributed by atoms with Gasteiger partial charge in [0.05, 0.1) is 16.9 Å². The Hall–Kier alpha value is -1.99.